The number of benzene rings is 2. The van der Waals surface area contributed by atoms with Crippen LogP contribution < -0.4 is 14.8 Å². The van der Waals surface area contributed by atoms with E-state index < -0.39 is 0 Å². The molecule has 1 saturated heterocycles. The lowest BCUT2D eigenvalue weighted by Crippen LogP contribution is -2.46. The Labute approximate surface area is 165 Å². The summed E-state index contributed by atoms with van der Waals surface area (Å²) in [6, 6.07) is 12.9. The molecule has 0 aliphatic carbocycles. The van der Waals surface area contributed by atoms with Crippen molar-refractivity contribution in [2.45, 2.75) is 25.8 Å². The largest absolute Gasteiger partial charge is 0.496 e. The third kappa shape index (κ3) is 4.27. The average molecular weight is 382 g/mol. The fraction of sp³-hybridized carbons (Fsp3) is 0.364. The molecule has 148 valence electrons. The molecule has 28 heavy (non-hydrogen) atoms. The Bertz CT molecular complexity index is 818. The minimum Gasteiger partial charge on any atom is -0.496 e. The topological polar surface area (TPSA) is 67.9 Å². The standard InChI is InChI=1S/C22H26N2O4/c1-15-7-9-16(10-8-15)21(25)23-17-11-13-24(14-12-17)22(26)20-18(27-2)5-4-6-19(20)28-3/h4-10,17H,11-14H2,1-3H3,(H,23,25). The van der Waals surface area contributed by atoms with Crippen LogP contribution >= 0.6 is 0 Å². The summed E-state index contributed by atoms with van der Waals surface area (Å²) in [6.07, 6.45) is 1.42. The molecule has 0 bridgehead atoms. The normalized spacial score (nSPS) is 14.5. The molecule has 0 unspecified atom stereocenters. The zero-order valence-electron chi connectivity index (χ0n) is 16.5. The molecule has 0 atom stereocenters. The highest BCUT2D eigenvalue weighted by Crippen LogP contribution is 2.30. The Hall–Kier alpha value is -3.02. The number of ether oxygens (including phenoxy) is 2. The maximum Gasteiger partial charge on any atom is 0.261 e. The second-order valence-corrected chi connectivity index (χ2v) is 6.94. The van der Waals surface area contributed by atoms with Crippen LogP contribution in [0.25, 0.3) is 0 Å². The molecule has 0 radical (unpaired) electrons. The first-order valence-electron chi connectivity index (χ1n) is 9.41. The molecule has 0 spiro atoms. The van der Waals surface area contributed by atoms with Gasteiger partial charge in [0.1, 0.15) is 17.1 Å². The van der Waals surface area contributed by atoms with E-state index in [0.29, 0.717) is 48.6 Å². The van der Waals surface area contributed by atoms with E-state index in [1.54, 1.807) is 37.3 Å². The van der Waals surface area contributed by atoms with Gasteiger partial charge in [-0.25, -0.2) is 0 Å². The number of carbonyl (C=O) groups excluding carboxylic acids is 2. The summed E-state index contributed by atoms with van der Waals surface area (Å²) < 4.78 is 10.7. The smallest absolute Gasteiger partial charge is 0.261 e. The third-order valence-electron chi connectivity index (χ3n) is 5.07. The Kier molecular flexibility index (Phi) is 6.19. The number of carbonyl (C=O) groups is 2. The SMILES string of the molecule is COc1cccc(OC)c1C(=O)N1CCC(NC(=O)c2ccc(C)cc2)CC1. The van der Waals surface area contributed by atoms with Crippen LogP contribution in [0.3, 0.4) is 0 Å². The van der Waals surface area contributed by atoms with Gasteiger partial charge in [0, 0.05) is 24.7 Å². The van der Waals surface area contributed by atoms with Crippen molar-refractivity contribution in [3.63, 3.8) is 0 Å². The van der Waals surface area contributed by atoms with Crippen molar-refractivity contribution < 1.29 is 19.1 Å². The number of hydrogen-bond donors (Lipinski definition) is 1. The van der Waals surface area contributed by atoms with Gasteiger partial charge in [-0.05, 0) is 44.0 Å². The van der Waals surface area contributed by atoms with E-state index in [1.807, 2.05) is 31.2 Å². The van der Waals surface area contributed by atoms with E-state index in [-0.39, 0.29) is 17.9 Å². The average Bonchev–Trinajstić information content (AvgIpc) is 2.73. The summed E-state index contributed by atoms with van der Waals surface area (Å²) in [6.45, 7) is 3.13. The molecule has 1 aliphatic heterocycles. The second-order valence-electron chi connectivity index (χ2n) is 6.94. The van der Waals surface area contributed by atoms with Crippen molar-refractivity contribution in [2.24, 2.45) is 0 Å². The predicted molar refractivity (Wildman–Crippen MR) is 107 cm³/mol. The summed E-state index contributed by atoms with van der Waals surface area (Å²) in [5.74, 6) is 0.812. The number of aryl methyl sites for hydroxylation is 1. The van der Waals surface area contributed by atoms with Crippen LogP contribution in [-0.4, -0.2) is 50.1 Å². The van der Waals surface area contributed by atoms with Crippen molar-refractivity contribution in [3.05, 3.63) is 59.2 Å². The van der Waals surface area contributed by atoms with Crippen LogP contribution in [0.5, 0.6) is 11.5 Å². The van der Waals surface area contributed by atoms with Gasteiger partial charge in [0.25, 0.3) is 11.8 Å². The molecular weight excluding hydrogens is 356 g/mol. The van der Waals surface area contributed by atoms with Gasteiger partial charge in [-0.3, -0.25) is 9.59 Å². The van der Waals surface area contributed by atoms with Crippen LogP contribution in [0.15, 0.2) is 42.5 Å². The number of nitrogens with one attached hydrogen (secondary N) is 1. The zero-order valence-corrected chi connectivity index (χ0v) is 16.5. The third-order valence-corrected chi connectivity index (χ3v) is 5.07. The molecule has 0 saturated carbocycles. The highest BCUT2D eigenvalue weighted by Gasteiger charge is 2.28. The molecule has 1 aliphatic rings. The molecule has 2 amide bonds. The Morgan fingerprint density at radius 1 is 0.964 bits per heavy atom. The second kappa shape index (κ2) is 8.78. The van der Waals surface area contributed by atoms with Crippen LogP contribution in [0.2, 0.25) is 0 Å². The lowest BCUT2D eigenvalue weighted by atomic mass is 10.0. The van der Waals surface area contributed by atoms with E-state index in [9.17, 15) is 9.59 Å². The molecule has 1 fully saturated rings. The summed E-state index contributed by atoms with van der Waals surface area (Å²) in [4.78, 5) is 27.2. The van der Waals surface area contributed by atoms with Crippen molar-refractivity contribution in [3.8, 4) is 11.5 Å². The van der Waals surface area contributed by atoms with Crippen LogP contribution in [-0.2, 0) is 0 Å². The van der Waals surface area contributed by atoms with E-state index in [1.165, 1.54) is 0 Å². The minimum atomic E-state index is -0.113. The zero-order chi connectivity index (χ0) is 20.1. The fourth-order valence-electron chi connectivity index (χ4n) is 3.42. The highest BCUT2D eigenvalue weighted by atomic mass is 16.5. The number of hydrogen-bond acceptors (Lipinski definition) is 4. The Morgan fingerprint density at radius 3 is 2.07 bits per heavy atom. The van der Waals surface area contributed by atoms with E-state index in [0.717, 1.165) is 5.56 Å². The number of piperidine rings is 1. The van der Waals surface area contributed by atoms with E-state index in [4.69, 9.17) is 9.47 Å². The summed E-state index contributed by atoms with van der Waals surface area (Å²) in [7, 11) is 3.08. The van der Waals surface area contributed by atoms with E-state index >= 15 is 0 Å². The van der Waals surface area contributed by atoms with E-state index in [2.05, 4.69) is 5.32 Å². The number of methoxy groups -OCH3 is 2. The molecule has 2 aromatic rings. The van der Waals surface area contributed by atoms with Crippen molar-refractivity contribution in [1.29, 1.82) is 0 Å². The van der Waals surface area contributed by atoms with Crippen LogP contribution in [0.1, 0.15) is 39.1 Å². The molecular formula is C22H26N2O4. The van der Waals surface area contributed by atoms with Gasteiger partial charge in [0.05, 0.1) is 14.2 Å². The number of likely N-dealkylation sites (tertiary alicyclic amines) is 1. The first-order valence-corrected chi connectivity index (χ1v) is 9.41. The fourth-order valence-corrected chi connectivity index (χ4v) is 3.42. The van der Waals surface area contributed by atoms with Crippen LogP contribution in [0, 0.1) is 6.92 Å². The quantitative estimate of drug-likeness (QED) is 0.863. The van der Waals surface area contributed by atoms with Crippen molar-refractivity contribution in [1.82, 2.24) is 10.2 Å². The number of nitrogens with zero attached hydrogens (tertiary/aromatic N) is 1. The van der Waals surface area contributed by atoms with Crippen molar-refractivity contribution >= 4 is 11.8 Å². The molecule has 6 heteroatoms. The summed E-state index contributed by atoms with van der Waals surface area (Å²) >= 11 is 0. The number of rotatable bonds is 5. The van der Waals surface area contributed by atoms with Gasteiger partial charge >= 0.3 is 0 Å². The minimum absolute atomic E-state index is 0.0532. The first-order chi connectivity index (χ1) is 13.5. The Morgan fingerprint density at radius 2 is 1.54 bits per heavy atom. The van der Waals surface area contributed by atoms with Gasteiger partial charge in [-0.2, -0.15) is 0 Å². The molecule has 3 rings (SSSR count). The Balaban J connectivity index is 1.62. The molecule has 1 heterocycles. The predicted octanol–water partition coefficient (Wildman–Crippen LogP) is 3.05. The monoisotopic (exact) mass is 382 g/mol. The van der Waals surface area contributed by atoms with Gasteiger partial charge < -0.3 is 19.7 Å². The van der Waals surface area contributed by atoms with Gasteiger partial charge in [0.2, 0.25) is 0 Å². The molecule has 1 N–H and O–H groups in total. The molecule has 0 aromatic heterocycles. The first kappa shape index (κ1) is 19.7. The summed E-state index contributed by atoms with van der Waals surface area (Å²) in [5, 5.41) is 3.07. The van der Waals surface area contributed by atoms with Crippen LogP contribution in [0.4, 0.5) is 0 Å². The molecule has 2 aromatic carbocycles. The lowest BCUT2D eigenvalue weighted by Gasteiger charge is -2.33. The highest BCUT2D eigenvalue weighted by molar-refractivity contribution is 6.00. The summed E-state index contributed by atoms with van der Waals surface area (Å²) in [5.41, 5.74) is 2.22. The molecule has 6 nitrogen and oxygen atoms in total. The maximum atomic E-state index is 13.0. The van der Waals surface area contributed by atoms with Gasteiger partial charge in [-0.1, -0.05) is 23.8 Å². The van der Waals surface area contributed by atoms with Crippen molar-refractivity contribution in [2.75, 3.05) is 27.3 Å². The lowest BCUT2D eigenvalue weighted by molar-refractivity contribution is 0.0691. The van der Waals surface area contributed by atoms with Gasteiger partial charge in [0.15, 0.2) is 0 Å². The number of amides is 2. The van der Waals surface area contributed by atoms with Gasteiger partial charge in [-0.15, -0.1) is 0 Å². The maximum absolute atomic E-state index is 13.0.